The van der Waals surface area contributed by atoms with Crippen molar-refractivity contribution in [1.82, 2.24) is 4.98 Å². The highest BCUT2D eigenvalue weighted by atomic mass is 32.1. The predicted octanol–water partition coefficient (Wildman–Crippen LogP) is 4.43. The van der Waals surface area contributed by atoms with Gasteiger partial charge in [-0.05, 0) is 36.8 Å². The van der Waals surface area contributed by atoms with Crippen LogP contribution < -0.4 is 10.6 Å². The van der Waals surface area contributed by atoms with Crippen molar-refractivity contribution in [2.75, 3.05) is 10.6 Å². The maximum atomic E-state index is 13.7. The van der Waals surface area contributed by atoms with E-state index < -0.39 is 11.7 Å². The zero-order chi connectivity index (χ0) is 17.8. The molecule has 7 heteroatoms. The molecule has 1 aromatic heterocycles. The van der Waals surface area contributed by atoms with E-state index in [1.807, 2.05) is 6.92 Å². The molecule has 0 saturated heterocycles. The molecular formula is C18H16FN3O2S. The number of hydrogen-bond acceptors (Lipinski definition) is 4. The van der Waals surface area contributed by atoms with Gasteiger partial charge >= 0.3 is 0 Å². The zero-order valence-corrected chi connectivity index (χ0v) is 14.3. The predicted molar refractivity (Wildman–Crippen MR) is 97.5 cm³/mol. The Bertz CT molecular complexity index is 939. The van der Waals surface area contributed by atoms with Gasteiger partial charge in [-0.25, -0.2) is 9.37 Å². The first kappa shape index (κ1) is 17.0. The van der Waals surface area contributed by atoms with Gasteiger partial charge in [0.1, 0.15) is 5.82 Å². The highest BCUT2D eigenvalue weighted by molar-refractivity contribution is 7.22. The standard InChI is InChI=1S/C18H16FN3O2S/c1-2-5-16(23)22-18-21-14-10-11(8-9-15(14)25-18)20-17(24)12-6-3-4-7-13(12)19/h3-4,6-10H,2,5H2,1H3,(H,20,24)(H,21,22,23). The lowest BCUT2D eigenvalue weighted by Gasteiger charge is -2.05. The molecule has 0 aliphatic rings. The van der Waals surface area contributed by atoms with Crippen molar-refractivity contribution in [3.05, 3.63) is 53.8 Å². The molecule has 0 radical (unpaired) electrons. The molecule has 0 bridgehead atoms. The molecule has 25 heavy (non-hydrogen) atoms. The fraction of sp³-hybridized carbons (Fsp3) is 0.167. The number of thiazole rings is 1. The largest absolute Gasteiger partial charge is 0.322 e. The minimum Gasteiger partial charge on any atom is -0.322 e. The minimum atomic E-state index is -0.573. The SMILES string of the molecule is CCCC(=O)Nc1nc2cc(NC(=O)c3ccccc3F)ccc2s1. The van der Waals surface area contributed by atoms with Crippen molar-refractivity contribution < 1.29 is 14.0 Å². The quantitative estimate of drug-likeness (QED) is 0.710. The Labute approximate surface area is 147 Å². The highest BCUT2D eigenvalue weighted by Gasteiger charge is 2.12. The number of fused-ring (bicyclic) bond motifs is 1. The van der Waals surface area contributed by atoms with E-state index in [-0.39, 0.29) is 11.5 Å². The maximum Gasteiger partial charge on any atom is 0.258 e. The number of amides is 2. The normalized spacial score (nSPS) is 10.6. The van der Waals surface area contributed by atoms with Gasteiger partial charge in [0.25, 0.3) is 5.91 Å². The number of hydrogen-bond donors (Lipinski definition) is 2. The third-order valence-corrected chi connectivity index (χ3v) is 4.44. The van der Waals surface area contributed by atoms with Crippen LogP contribution in [0.1, 0.15) is 30.1 Å². The lowest BCUT2D eigenvalue weighted by atomic mass is 10.2. The molecule has 0 saturated carbocycles. The van der Waals surface area contributed by atoms with E-state index in [9.17, 15) is 14.0 Å². The van der Waals surface area contributed by atoms with Crippen LogP contribution in [0.3, 0.4) is 0 Å². The lowest BCUT2D eigenvalue weighted by Crippen LogP contribution is -2.13. The molecular weight excluding hydrogens is 341 g/mol. The summed E-state index contributed by atoms with van der Waals surface area (Å²) >= 11 is 1.36. The summed E-state index contributed by atoms with van der Waals surface area (Å²) in [5, 5.41) is 5.94. The van der Waals surface area contributed by atoms with E-state index >= 15 is 0 Å². The summed E-state index contributed by atoms with van der Waals surface area (Å²) in [6.45, 7) is 1.93. The second kappa shape index (κ2) is 7.40. The molecule has 0 atom stereocenters. The Kier molecular flexibility index (Phi) is 5.04. The summed E-state index contributed by atoms with van der Waals surface area (Å²) in [6.07, 6.45) is 1.21. The first-order valence-electron chi connectivity index (χ1n) is 7.83. The molecule has 0 fully saturated rings. The van der Waals surface area contributed by atoms with Gasteiger partial charge < -0.3 is 10.6 Å². The summed E-state index contributed by atoms with van der Waals surface area (Å²) in [7, 11) is 0. The van der Waals surface area contributed by atoms with Gasteiger partial charge in [-0.15, -0.1) is 0 Å². The van der Waals surface area contributed by atoms with Crippen molar-refractivity contribution in [2.45, 2.75) is 19.8 Å². The second-order valence-corrected chi connectivity index (χ2v) is 6.46. The van der Waals surface area contributed by atoms with Gasteiger partial charge in [0.15, 0.2) is 5.13 Å². The number of carbonyl (C=O) groups excluding carboxylic acids is 2. The number of nitrogens with one attached hydrogen (secondary N) is 2. The lowest BCUT2D eigenvalue weighted by molar-refractivity contribution is -0.116. The Morgan fingerprint density at radius 2 is 1.96 bits per heavy atom. The number of benzene rings is 2. The summed E-state index contributed by atoms with van der Waals surface area (Å²) in [6, 6.07) is 11.0. The minimum absolute atomic E-state index is 0.0200. The monoisotopic (exact) mass is 357 g/mol. The van der Waals surface area contributed by atoms with Crippen LogP contribution in [-0.2, 0) is 4.79 Å². The average Bonchev–Trinajstić information content (AvgIpc) is 2.96. The Balaban J connectivity index is 1.78. The summed E-state index contributed by atoms with van der Waals surface area (Å²) < 4.78 is 14.6. The summed E-state index contributed by atoms with van der Waals surface area (Å²) in [4.78, 5) is 28.2. The molecule has 3 aromatic rings. The van der Waals surface area contributed by atoms with Crippen LogP contribution in [0.4, 0.5) is 15.2 Å². The zero-order valence-electron chi connectivity index (χ0n) is 13.5. The number of halogens is 1. The molecule has 0 unspecified atom stereocenters. The molecule has 0 aliphatic heterocycles. The van der Waals surface area contributed by atoms with Crippen LogP contribution in [0.5, 0.6) is 0 Å². The van der Waals surface area contributed by atoms with Crippen molar-refractivity contribution in [3.63, 3.8) is 0 Å². The van der Waals surface area contributed by atoms with Gasteiger partial charge in [0.2, 0.25) is 5.91 Å². The number of anilines is 2. The number of carbonyl (C=O) groups is 2. The van der Waals surface area contributed by atoms with Crippen molar-refractivity contribution in [3.8, 4) is 0 Å². The molecule has 2 amide bonds. The van der Waals surface area contributed by atoms with Crippen LogP contribution in [0.25, 0.3) is 10.2 Å². The maximum absolute atomic E-state index is 13.7. The van der Waals surface area contributed by atoms with Gasteiger partial charge in [-0.2, -0.15) is 0 Å². The molecule has 128 valence electrons. The highest BCUT2D eigenvalue weighted by Crippen LogP contribution is 2.28. The molecule has 2 N–H and O–H groups in total. The smallest absolute Gasteiger partial charge is 0.258 e. The van der Waals surface area contributed by atoms with Crippen LogP contribution >= 0.6 is 11.3 Å². The van der Waals surface area contributed by atoms with Crippen LogP contribution in [0, 0.1) is 5.82 Å². The van der Waals surface area contributed by atoms with E-state index in [4.69, 9.17) is 0 Å². The number of nitrogens with zero attached hydrogens (tertiary/aromatic N) is 1. The van der Waals surface area contributed by atoms with Crippen molar-refractivity contribution >= 4 is 44.2 Å². The van der Waals surface area contributed by atoms with E-state index in [2.05, 4.69) is 15.6 Å². The van der Waals surface area contributed by atoms with E-state index in [1.54, 1.807) is 24.3 Å². The van der Waals surface area contributed by atoms with Crippen molar-refractivity contribution in [2.24, 2.45) is 0 Å². The van der Waals surface area contributed by atoms with Gasteiger partial charge in [0, 0.05) is 12.1 Å². The van der Waals surface area contributed by atoms with Crippen molar-refractivity contribution in [1.29, 1.82) is 0 Å². The third-order valence-electron chi connectivity index (χ3n) is 3.49. The second-order valence-electron chi connectivity index (χ2n) is 5.43. The Morgan fingerprint density at radius 3 is 2.72 bits per heavy atom. The Hall–Kier alpha value is -2.80. The van der Waals surface area contributed by atoms with Crippen LogP contribution in [0.15, 0.2) is 42.5 Å². The fourth-order valence-electron chi connectivity index (χ4n) is 2.31. The molecule has 0 aliphatic carbocycles. The molecule has 3 rings (SSSR count). The first-order valence-corrected chi connectivity index (χ1v) is 8.65. The number of aromatic nitrogens is 1. The molecule has 5 nitrogen and oxygen atoms in total. The third kappa shape index (κ3) is 4.00. The fourth-order valence-corrected chi connectivity index (χ4v) is 3.17. The summed E-state index contributed by atoms with van der Waals surface area (Å²) in [5.41, 5.74) is 1.15. The molecule has 2 aromatic carbocycles. The Morgan fingerprint density at radius 1 is 1.16 bits per heavy atom. The van der Waals surface area contributed by atoms with E-state index in [1.165, 1.54) is 29.5 Å². The topological polar surface area (TPSA) is 71.1 Å². The van der Waals surface area contributed by atoms with Gasteiger partial charge in [-0.1, -0.05) is 30.4 Å². The summed E-state index contributed by atoms with van der Waals surface area (Å²) in [5.74, 6) is -1.17. The average molecular weight is 357 g/mol. The van der Waals surface area contributed by atoms with Gasteiger partial charge in [0.05, 0.1) is 15.8 Å². The first-order chi connectivity index (χ1) is 12.1. The van der Waals surface area contributed by atoms with Crippen LogP contribution in [0.2, 0.25) is 0 Å². The van der Waals surface area contributed by atoms with Gasteiger partial charge in [-0.3, -0.25) is 9.59 Å². The molecule has 1 heterocycles. The number of rotatable bonds is 5. The van der Waals surface area contributed by atoms with Crippen LogP contribution in [-0.4, -0.2) is 16.8 Å². The van der Waals surface area contributed by atoms with E-state index in [0.29, 0.717) is 22.8 Å². The van der Waals surface area contributed by atoms with E-state index in [0.717, 1.165) is 11.1 Å². The molecule has 0 spiro atoms.